The minimum Gasteiger partial charge on any atom is -0.469 e. The second kappa shape index (κ2) is 4.82. The summed E-state index contributed by atoms with van der Waals surface area (Å²) in [5.74, 6) is 0.896. The van der Waals surface area contributed by atoms with Crippen molar-refractivity contribution < 1.29 is 4.42 Å². The third kappa shape index (κ3) is 2.29. The molecule has 1 heterocycles. The first-order chi connectivity index (χ1) is 7.59. The van der Waals surface area contributed by atoms with Gasteiger partial charge in [0.25, 0.3) is 0 Å². The van der Waals surface area contributed by atoms with Gasteiger partial charge in [0, 0.05) is 5.56 Å². The Morgan fingerprint density at radius 3 is 2.50 bits per heavy atom. The van der Waals surface area contributed by atoms with Crippen LogP contribution in [0.5, 0.6) is 0 Å². The molecule has 0 saturated carbocycles. The molecule has 1 aromatic heterocycles. The van der Waals surface area contributed by atoms with Crippen LogP contribution in [-0.4, -0.2) is 0 Å². The predicted molar refractivity (Wildman–Crippen MR) is 70.7 cm³/mol. The number of hydrogen-bond acceptors (Lipinski definition) is 1. The highest BCUT2D eigenvalue weighted by Gasteiger charge is 2.15. The summed E-state index contributed by atoms with van der Waals surface area (Å²) in [6.45, 7) is 1.93. The average Bonchev–Trinajstić information content (AvgIpc) is 2.67. The van der Waals surface area contributed by atoms with Crippen LogP contribution in [0.2, 0.25) is 10.0 Å². The lowest BCUT2D eigenvalue weighted by atomic mass is 10.1. The SMILES string of the molecule is Cc1occc1C(Br)c1ccc(Cl)c(Cl)c1. The van der Waals surface area contributed by atoms with Crippen molar-refractivity contribution in [2.45, 2.75) is 11.8 Å². The summed E-state index contributed by atoms with van der Waals surface area (Å²) in [5.41, 5.74) is 2.15. The predicted octanol–water partition coefficient (Wildman–Crippen LogP) is 5.38. The number of benzene rings is 1. The van der Waals surface area contributed by atoms with Crippen LogP contribution in [0.15, 0.2) is 34.9 Å². The Morgan fingerprint density at radius 2 is 1.94 bits per heavy atom. The van der Waals surface area contributed by atoms with Crippen molar-refractivity contribution in [3.8, 4) is 0 Å². The van der Waals surface area contributed by atoms with E-state index < -0.39 is 0 Å². The van der Waals surface area contributed by atoms with Crippen LogP contribution >= 0.6 is 39.1 Å². The molecule has 1 nitrogen and oxygen atoms in total. The summed E-state index contributed by atoms with van der Waals surface area (Å²) in [4.78, 5) is 0.0704. The zero-order chi connectivity index (χ0) is 11.7. The van der Waals surface area contributed by atoms with Crippen molar-refractivity contribution in [2.24, 2.45) is 0 Å². The van der Waals surface area contributed by atoms with E-state index in [1.165, 1.54) is 0 Å². The van der Waals surface area contributed by atoms with E-state index >= 15 is 0 Å². The molecule has 2 rings (SSSR count). The summed E-state index contributed by atoms with van der Waals surface area (Å²) in [6.07, 6.45) is 1.68. The summed E-state index contributed by atoms with van der Waals surface area (Å²) in [7, 11) is 0. The van der Waals surface area contributed by atoms with Crippen LogP contribution in [0.25, 0.3) is 0 Å². The molecule has 0 spiro atoms. The molecule has 0 aliphatic carbocycles. The molecule has 0 aliphatic rings. The number of hydrogen-bond donors (Lipinski definition) is 0. The highest BCUT2D eigenvalue weighted by atomic mass is 79.9. The van der Waals surface area contributed by atoms with Crippen LogP contribution in [-0.2, 0) is 0 Å². The van der Waals surface area contributed by atoms with E-state index in [-0.39, 0.29) is 4.83 Å². The molecule has 1 atom stereocenters. The molecule has 4 heteroatoms. The highest BCUT2D eigenvalue weighted by molar-refractivity contribution is 9.09. The molecule has 0 N–H and O–H groups in total. The molecule has 1 unspecified atom stereocenters. The van der Waals surface area contributed by atoms with Gasteiger partial charge >= 0.3 is 0 Å². The quantitative estimate of drug-likeness (QED) is 0.677. The Balaban J connectivity index is 2.38. The smallest absolute Gasteiger partial charge is 0.105 e. The zero-order valence-corrected chi connectivity index (χ0v) is 11.6. The maximum absolute atomic E-state index is 5.98. The Labute approximate surface area is 112 Å². The molecule has 16 heavy (non-hydrogen) atoms. The van der Waals surface area contributed by atoms with E-state index in [0.717, 1.165) is 16.9 Å². The normalized spacial score (nSPS) is 12.8. The number of rotatable bonds is 2. The van der Waals surface area contributed by atoms with E-state index in [4.69, 9.17) is 27.6 Å². The Bertz CT molecular complexity index is 507. The van der Waals surface area contributed by atoms with Crippen molar-refractivity contribution in [3.05, 3.63) is 57.5 Å². The minimum atomic E-state index is 0.0704. The first-order valence-electron chi connectivity index (χ1n) is 4.72. The van der Waals surface area contributed by atoms with E-state index in [2.05, 4.69) is 15.9 Å². The van der Waals surface area contributed by atoms with Crippen LogP contribution < -0.4 is 0 Å². The lowest BCUT2D eigenvalue weighted by Gasteiger charge is -2.10. The Morgan fingerprint density at radius 1 is 1.19 bits per heavy atom. The maximum Gasteiger partial charge on any atom is 0.105 e. The Kier molecular flexibility index (Phi) is 3.63. The van der Waals surface area contributed by atoms with Crippen molar-refractivity contribution in [1.29, 1.82) is 0 Å². The molecular formula is C12H9BrCl2O. The largest absolute Gasteiger partial charge is 0.469 e. The van der Waals surface area contributed by atoms with Gasteiger partial charge in [0.05, 0.1) is 21.1 Å². The van der Waals surface area contributed by atoms with Gasteiger partial charge in [0.1, 0.15) is 5.76 Å². The van der Waals surface area contributed by atoms with Crippen molar-refractivity contribution >= 4 is 39.1 Å². The van der Waals surface area contributed by atoms with Crippen LogP contribution in [0, 0.1) is 6.92 Å². The highest BCUT2D eigenvalue weighted by Crippen LogP contribution is 2.35. The van der Waals surface area contributed by atoms with Gasteiger partial charge in [-0.25, -0.2) is 0 Å². The van der Waals surface area contributed by atoms with Gasteiger partial charge in [0.15, 0.2) is 0 Å². The molecule has 84 valence electrons. The Hall–Kier alpha value is -0.440. The minimum absolute atomic E-state index is 0.0704. The summed E-state index contributed by atoms with van der Waals surface area (Å²) in [6, 6.07) is 7.54. The molecule has 0 saturated heterocycles. The first kappa shape index (κ1) is 12.0. The van der Waals surface area contributed by atoms with Gasteiger partial charge in [-0.15, -0.1) is 0 Å². The standard InChI is InChI=1S/C12H9BrCl2O/c1-7-9(4-5-16-7)12(13)8-2-3-10(14)11(15)6-8/h2-6,12H,1H3. The van der Waals surface area contributed by atoms with Gasteiger partial charge in [-0.2, -0.15) is 0 Å². The van der Waals surface area contributed by atoms with Gasteiger partial charge in [0.2, 0.25) is 0 Å². The third-order valence-corrected chi connectivity index (χ3v) is 4.17. The fraction of sp³-hybridized carbons (Fsp3) is 0.167. The molecule has 0 fully saturated rings. The van der Waals surface area contributed by atoms with Crippen molar-refractivity contribution in [1.82, 2.24) is 0 Å². The van der Waals surface area contributed by atoms with Crippen LogP contribution in [0.3, 0.4) is 0 Å². The third-order valence-electron chi connectivity index (χ3n) is 2.41. The second-order valence-corrected chi connectivity index (χ2v) is 5.20. The molecular weight excluding hydrogens is 311 g/mol. The average molecular weight is 320 g/mol. The zero-order valence-electron chi connectivity index (χ0n) is 8.51. The summed E-state index contributed by atoms with van der Waals surface area (Å²) < 4.78 is 5.27. The molecule has 0 radical (unpaired) electrons. The van der Waals surface area contributed by atoms with Gasteiger partial charge < -0.3 is 4.42 Å². The summed E-state index contributed by atoms with van der Waals surface area (Å²) >= 11 is 15.5. The van der Waals surface area contributed by atoms with E-state index in [1.54, 1.807) is 12.3 Å². The lowest BCUT2D eigenvalue weighted by Crippen LogP contribution is -1.92. The van der Waals surface area contributed by atoms with Gasteiger partial charge in [-0.3, -0.25) is 0 Å². The van der Waals surface area contributed by atoms with E-state index in [1.807, 2.05) is 25.1 Å². The molecule has 0 bridgehead atoms. The number of halogens is 3. The molecule has 0 aliphatic heterocycles. The monoisotopic (exact) mass is 318 g/mol. The van der Waals surface area contributed by atoms with E-state index in [9.17, 15) is 0 Å². The molecule has 2 aromatic rings. The van der Waals surface area contributed by atoms with Gasteiger partial charge in [-0.05, 0) is 30.7 Å². The molecule has 1 aromatic carbocycles. The fourth-order valence-electron chi connectivity index (χ4n) is 1.51. The maximum atomic E-state index is 5.98. The number of furan rings is 1. The van der Waals surface area contributed by atoms with E-state index in [0.29, 0.717) is 10.0 Å². The van der Waals surface area contributed by atoms with Crippen LogP contribution in [0.1, 0.15) is 21.7 Å². The molecule has 0 amide bonds. The van der Waals surface area contributed by atoms with Crippen molar-refractivity contribution in [3.63, 3.8) is 0 Å². The topological polar surface area (TPSA) is 13.1 Å². The van der Waals surface area contributed by atoms with Crippen LogP contribution in [0.4, 0.5) is 0 Å². The second-order valence-electron chi connectivity index (χ2n) is 3.47. The first-order valence-corrected chi connectivity index (χ1v) is 6.40. The fourth-order valence-corrected chi connectivity index (χ4v) is 2.57. The lowest BCUT2D eigenvalue weighted by molar-refractivity contribution is 0.530. The van der Waals surface area contributed by atoms with Gasteiger partial charge in [-0.1, -0.05) is 45.2 Å². The number of alkyl halides is 1. The van der Waals surface area contributed by atoms with Crippen molar-refractivity contribution in [2.75, 3.05) is 0 Å². The number of aryl methyl sites for hydroxylation is 1. The summed E-state index contributed by atoms with van der Waals surface area (Å²) in [5, 5.41) is 1.12.